The summed E-state index contributed by atoms with van der Waals surface area (Å²) in [5.74, 6) is -0.372. The number of esters is 1. The molecule has 0 saturated carbocycles. The van der Waals surface area contributed by atoms with E-state index in [1.54, 1.807) is 24.3 Å². The smallest absolute Gasteiger partial charge is 0.305 e. The van der Waals surface area contributed by atoms with Crippen LogP contribution in [0.1, 0.15) is 24.6 Å². The van der Waals surface area contributed by atoms with E-state index in [9.17, 15) is 9.18 Å². The lowest BCUT2D eigenvalue weighted by Gasteiger charge is -2.06. The summed E-state index contributed by atoms with van der Waals surface area (Å²) in [6.45, 7) is 0. The van der Waals surface area contributed by atoms with Gasteiger partial charge in [0, 0.05) is 6.42 Å². The summed E-state index contributed by atoms with van der Waals surface area (Å²) in [6, 6.07) is 8.81. The number of rotatable bonds is 4. The average molecular weight is 196 g/mol. The summed E-state index contributed by atoms with van der Waals surface area (Å²) < 4.78 is 17.9. The maximum atomic E-state index is 13.4. The normalized spacial score (nSPS) is 12.1. The molecule has 14 heavy (non-hydrogen) atoms. The van der Waals surface area contributed by atoms with Gasteiger partial charge in [0.05, 0.1) is 7.11 Å². The first-order valence-electron chi connectivity index (χ1n) is 4.50. The Morgan fingerprint density at radius 3 is 2.64 bits per heavy atom. The van der Waals surface area contributed by atoms with Crippen molar-refractivity contribution in [2.45, 2.75) is 19.0 Å². The van der Waals surface area contributed by atoms with E-state index in [0.29, 0.717) is 5.56 Å². The zero-order valence-electron chi connectivity index (χ0n) is 8.07. The van der Waals surface area contributed by atoms with Gasteiger partial charge in [-0.25, -0.2) is 4.39 Å². The van der Waals surface area contributed by atoms with Gasteiger partial charge in [-0.1, -0.05) is 30.3 Å². The molecule has 0 radical (unpaired) electrons. The predicted molar refractivity (Wildman–Crippen MR) is 51.5 cm³/mol. The van der Waals surface area contributed by atoms with E-state index >= 15 is 0 Å². The van der Waals surface area contributed by atoms with Gasteiger partial charge in [0.1, 0.15) is 6.17 Å². The lowest BCUT2D eigenvalue weighted by atomic mass is 10.1. The minimum atomic E-state index is -1.09. The first kappa shape index (κ1) is 10.7. The number of carbonyl (C=O) groups is 1. The highest BCUT2D eigenvalue weighted by Gasteiger charge is 2.11. The van der Waals surface area contributed by atoms with Crippen LogP contribution in [-0.4, -0.2) is 13.1 Å². The third kappa shape index (κ3) is 3.17. The second kappa shape index (κ2) is 5.37. The number of methoxy groups -OCH3 is 1. The monoisotopic (exact) mass is 196 g/mol. The molecule has 0 aromatic heterocycles. The van der Waals surface area contributed by atoms with E-state index in [1.165, 1.54) is 7.11 Å². The molecule has 0 aliphatic heterocycles. The molecule has 1 unspecified atom stereocenters. The van der Waals surface area contributed by atoms with Crippen molar-refractivity contribution < 1.29 is 13.9 Å². The Morgan fingerprint density at radius 1 is 1.43 bits per heavy atom. The third-order valence-electron chi connectivity index (χ3n) is 1.99. The van der Waals surface area contributed by atoms with E-state index in [2.05, 4.69) is 4.74 Å². The molecule has 2 nitrogen and oxygen atoms in total. The summed E-state index contributed by atoms with van der Waals surface area (Å²) in [4.78, 5) is 10.8. The highest BCUT2D eigenvalue weighted by atomic mass is 19.1. The fraction of sp³-hybridized carbons (Fsp3) is 0.364. The average Bonchev–Trinajstić information content (AvgIpc) is 2.26. The Labute approximate surface area is 82.7 Å². The zero-order chi connectivity index (χ0) is 10.4. The van der Waals surface area contributed by atoms with Crippen molar-refractivity contribution in [1.29, 1.82) is 0 Å². The first-order valence-corrected chi connectivity index (χ1v) is 4.50. The quantitative estimate of drug-likeness (QED) is 0.692. The van der Waals surface area contributed by atoms with Gasteiger partial charge in [0.15, 0.2) is 0 Å². The molecule has 1 aromatic rings. The second-order valence-electron chi connectivity index (χ2n) is 2.99. The molecule has 0 amide bonds. The van der Waals surface area contributed by atoms with Crippen LogP contribution in [0.3, 0.4) is 0 Å². The van der Waals surface area contributed by atoms with E-state index in [1.807, 2.05) is 6.07 Å². The molecular formula is C11H13FO2. The summed E-state index contributed by atoms with van der Waals surface area (Å²) in [5, 5.41) is 0. The van der Waals surface area contributed by atoms with Gasteiger partial charge in [-0.2, -0.15) is 0 Å². The Morgan fingerprint density at radius 2 is 2.07 bits per heavy atom. The Kier molecular flexibility index (Phi) is 4.11. The second-order valence-corrected chi connectivity index (χ2v) is 2.99. The van der Waals surface area contributed by atoms with Crippen molar-refractivity contribution in [3.8, 4) is 0 Å². The summed E-state index contributed by atoms with van der Waals surface area (Å²) in [7, 11) is 1.30. The van der Waals surface area contributed by atoms with E-state index in [0.717, 1.165) is 0 Å². The van der Waals surface area contributed by atoms with E-state index < -0.39 is 6.17 Å². The topological polar surface area (TPSA) is 26.3 Å². The van der Waals surface area contributed by atoms with Crippen LogP contribution < -0.4 is 0 Å². The van der Waals surface area contributed by atoms with Gasteiger partial charge in [0.25, 0.3) is 0 Å². The molecule has 3 heteroatoms. The van der Waals surface area contributed by atoms with Crippen LogP contribution in [0.2, 0.25) is 0 Å². The number of carbonyl (C=O) groups excluding carboxylic acids is 1. The molecule has 1 aromatic carbocycles. The Balaban J connectivity index is 2.43. The minimum absolute atomic E-state index is 0.118. The van der Waals surface area contributed by atoms with Crippen LogP contribution in [0, 0.1) is 0 Å². The fourth-order valence-corrected chi connectivity index (χ4v) is 1.18. The predicted octanol–water partition coefficient (Wildman–Crippen LogP) is 2.65. The number of ether oxygens (including phenoxy) is 1. The van der Waals surface area contributed by atoms with Crippen LogP contribution in [0.15, 0.2) is 30.3 Å². The van der Waals surface area contributed by atoms with Gasteiger partial charge in [0.2, 0.25) is 0 Å². The van der Waals surface area contributed by atoms with Crippen molar-refractivity contribution in [2.75, 3.05) is 7.11 Å². The van der Waals surface area contributed by atoms with Gasteiger partial charge in [-0.15, -0.1) is 0 Å². The molecule has 1 rings (SSSR count). The lowest BCUT2D eigenvalue weighted by molar-refractivity contribution is -0.141. The largest absolute Gasteiger partial charge is 0.469 e. The summed E-state index contributed by atoms with van der Waals surface area (Å²) in [6.07, 6.45) is -0.793. The van der Waals surface area contributed by atoms with Gasteiger partial charge >= 0.3 is 5.97 Å². The van der Waals surface area contributed by atoms with Gasteiger partial charge in [-0.05, 0) is 12.0 Å². The third-order valence-corrected chi connectivity index (χ3v) is 1.99. The number of alkyl halides is 1. The molecule has 0 saturated heterocycles. The molecule has 1 atom stereocenters. The SMILES string of the molecule is COC(=O)CCC(F)c1ccccc1. The molecule has 0 heterocycles. The Hall–Kier alpha value is -1.38. The number of hydrogen-bond donors (Lipinski definition) is 0. The van der Waals surface area contributed by atoms with Crippen LogP contribution in [-0.2, 0) is 9.53 Å². The van der Waals surface area contributed by atoms with Crippen molar-refractivity contribution in [2.24, 2.45) is 0 Å². The van der Waals surface area contributed by atoms with E-state index in [-0.39, 0.29) is 18.8 Å². The van der Waals surface area contributed by atoms with Crippen molar-refractivity contribution in [1.82, 2.24) is 0 Å². The lowest BCUT2D eigenvalue weighted by Crippen LogP contribution is -2.02. The maximum absolute atomic E-state index is 13.4. The molecule has 0 aliphatic carbocycles. The van der Waals surface area contributed by atoms with E-state index in [4.69, 9.17) is 0 Å². The molecule has 0 spiro atoms. The number of benzene rings is 1. The fourth-order valence-electron chi connectivity index (χ4n) is 1.18. The molecule has 0 N–H and O–H groups in total. The highest BCUT2D eigenvalue weighted by molar-refractivity contribution is 5.69. The van der Waals surface area contributed by atoms with Gasteiger partial charge < -0.3 is 4.74 Å². The zero-order valence-corrected chi connectivity index (χ0v) is 8.07. The summed E-state index contributed by atoms with van der Waals surface area (Å²) in [5.41, 5.74) is 0.608. The maximum Gasteiger partial charge on any atom is 0.305 e. The van der Waals surface area contributed by atoms with Crippen LogP contribution >= 0.6 is 0 Å². The minimum Gasteiger partial charge on any atom is -0.469 e. The Bertz CT molecular complexity index is 285. The highest BCUT2D eigenvalue weighted by Crippen LogP contribution is 2.22. The first-order chi connectivity index (χ1) is 6.74. The molecule has 76 valence electrons. The van der Waals surface area contributed by atoms with Gasteiger partial charge in [-0.3, -0.25) is 4.79 Å². The molecule has 0 fully saturated rings. The molecule has 0 aliphatic rings. The van der Waals surface area contributed by atoms with Crippen molar-refractivity contribution >= 4 is 5.97 Å². The van der Waals surface area contributed by atoms with Crippen LogP contribution in [0.5, 0.6) is 0 Å². The van der Waals surface area contributed by atoms with Crippen LogP contribution in [0.4, 0.5) is 4.39 Å². The number of halogens is 1. The molecule has 0 bridgehead atoms. The summed E-state index contributed by atoms with van der Waals surface area (Å²) >= 11 is 0. The molecular weight excluding hydrogens is 183 g/mol. The standard InChI is InChI=1S/C11H13FO2/c1-14-11(13)8-7-10(12)9-5-3-2-4-6-9/h2-6,10H,7-8H2,1H3. The van der Waals surface area contributed by atoms with Crippen LogP contribution in [0.25, 0.3) is 0 Å². The van der Waals surface area contributed by atoms with Crippen molar-refractivity contribution in [3.05, 3.63) is 35.9 Å². The van der Waals surface area contributed by atoms with Crippen molar-refractivity contribution in [3.63, 3.8) is 0 Å². The number of hydrogen-bond acceptors (Lipinski definition) is 2.